The zero-order chi connectivity index (χ0) is 13.1. The number of carbonyl (C=O) groups is 1. The van der Waals surface area contributed by atoms with Gasteiger partial charge in [0.15, 0.2) is 0 Å². The van der Waals surface area contributed by atoms with E-state index in [0.717, 1.165) is 0 Å². The summed E-state index contributed by atoms with van der Waals surface area (Å²) in [6, 6.07) is 10.3. The van der Waals surface area contributed by atoms with Gasteiger partial charge in [-0.05, 0) is 34.1 Å². The Hall–Kier alpha value is -1.75. The molecule has 0 saturated carbocycles. The van der Waals surface area contributed by atoms with Gasteiger partial charge >= 0.3 is 0 Å². The van der Waals surface area contributed by atoms with Gasteiger partial charge in [-0.2, -0.15) is 0 Å². The summed E-state index contributed by atoms with van der Waals surface area (Å²) < 4.78 is 26.5. The molecule has 18 heavy (non-hydrogen) atoms. The summed E-state index contributed by atoms with van der Waals surface area (Å²) in [6.07, 6.45) is 0. The van der Waals surface area contributed by atoms with E-state index in [2.05, 4.69) is 21.2 Å². The molecule has 5 heteroatoms. The molecule has 1 amide bonds. The summed E-state index contributed by atoms with van der Waals surface area (Å²) in [4.78, 5) is 11.8. The fourth-order valence-electron chi connectivity index (χ4n) is 1.40. The van der Waals surface area contributed by atoms with E-state index < -0.39 is 17.5 Å². The minimum absolute atomic E-state index is 0.0721. The molecular formula is C13H8BrF2NO. The Kier molecular flexibility index (Phi) is 3.72. The van der Waals surface area contributed by atoms with E-state index in [1.807, 2.05) is 0 Å². The van der Waals surface area contributed by atoms with Gasteiger partial charge < -0.3 is 5.32 Å². The van der Waals surface area contributed by atoms with Gasteiger partial charge in [0.2, 0.25) is 0 Å². The number of nitrogens with one attached hydrogen (secondary N) is 1. The molecule has 0 heterocycles. The lowest BCUT2D eigenvalue weighted by molar-refractivity contribution is 0.102. The summed E-state index contributed by atoms with van der Waals surface area (Å²) in [5.41, 5.74) is 0.328. The zero-order valence-electron chi connectivity index (χ0n) is 9.08. The molecule has 0 fully saturated rings. The zero-order valence-corrected chi connectivity index (χ0v) is 10.7. The van der Waals surface area contributed by atoms with E-state index in [-0.39, 0.29) is 10.2 Å². The second-order valence-corrected chi connectivity index (χ2v) is 4.42. The first-order chi connectivity index (χ1) is 8.58. The molecule has 0 saturated heterocycles. The standard InChI is InChI=1S/C13H8BrF2NO/c14-9-6-12(11(16)7-10(9)15)17-13(18)8-4-2-1-3-5-8/h1-7H,(H,17,18). The third-order valence-electron chi connectivity index (χ3n) is 2.29. The summed E-state index contributed by atoms with van der Waals surface area (Å²) in [5, 5.41) is 2.38. The Morgan fingerprint density at radius 3 is 2.39 bits per heavy atom. The largest absolute Gasteiger partial charge is 0.319 e. The highest BCUT2D eigenvalue weighted by molar-refractivity contribution is 9.10. The molecule has 0 aliphatic rings. The van der Waals surface area contributed by atoms with Crippen molar-refractivity contribution in [2.45, 2.75) is 0 Å². The predicted molar refractivity (Wildman–Crippen MR) is 68.5 cm³/mol. The van der Waals surface area contributed by atoms with Crippen LogP contribution < -0.4 is 5.32 Å². The Labute approximate surface area is 111 Å². The quantitative estimate of drug-likeness (QED) is 0.835. The van der Waals surface area contributed by atoms with E-state index >= 15 is 0 Å². The molecule has 0 atom stereocenters. The van der Waals surface area contributed by atoms with Crippen LogP contribution in [0.2, 0.25) is 0 Å². The summed E-state index contributed by atoms with van der Waals surface area (Å²) in [6.45, 7) is 0. The van der Waals surface area contributed by atoms with E-state index in [0.29, 0.717) is 11.6 Å². The number of halogens is 3. The highest BCUT2D eigenvalue weighted by Crippen LogP contribution is 2.24. The second-order valence-electron chi connectivity index (χ2n) is 3.57. The molecule has 2 rings (SSSR count). The van der Waals surface area contributed by atoms with Crippen LogP contribution in [0.5, 0.6) is 0 Å². The third kappa shape index (κ3) is 2.73. The van der Waals surface area contributed by atoms with Crippen molar-refractivity contribution in [1.82, 2.24) is 0 Å². The van der Waals surface area contributed by atoms with Crippen LogP contribution in [0.4, 0.5) is 14.5 Å². The first-order valence-corrected chi connectivity index (χ1v) is 5.88. The average molecular weight is 312 g/mol. The Morgan fingerprint density at radius 2 is 1.72 bits per heavy atom. The van der Waals surface area contributed by atoms with Crippen LogP contribution in [0.25, 0.3) is 0 Å². The van der Waals surface area contributed by atoms with Crippen LogP contribution in [0.15, 0.2) is 46.9 Å². The number of hydrogen-bond donors (Lipinski definition) is 1. The normalized spacial score (nSPS) is 10.2. The summed E-state index contributed by atoms with van der Waals surface area (Å²) in [7, 11) is 0. The maximum atomic E-state index is 13.4. The second kappa shape index (κ2) is 5.27. The molecule has 2 nitrogen and oxygen atoms in total. The lowest BCUT2D eigenvalue weighted by atomic mass is 10.2. The fraction of sp³-hybridized carbons (Fsp3) is 0. The van der Waals surface area contributed by atoms with Crippen LogP contribution in [0.1, 0.15) is 10.4 Å². The van der Waals surface area contributed by atoms with E-state index in [1.165, 1.54) is 6.07 Å². The number of anilines is 1. The van der Waals surface area contributed by atoms with Gasteiger partial charge in [0.05, 0.1) is 10.2 Å². The highest BCUT2D eigenvalue weighted by Gasteiger charge is 2.12. The van der Waals surface area contributed by atoms with Crippen molar-refractivity contribution in [2.75, 3.05) is 5.32 Å². The van der Waals surface area contributed by atoms with E-state index in [1.54, 1.807) is 30.3 Å². The molecule has 1 N–H and O–H groups in total. The van der Waals surface area contributed by atoms with Crippen LogP contribution in [-0.2, 0) is 0 Å². The maximum absolute atomic E-state index is 13.4. The first kappa shape index (κ1) is 12.7. The van der Waals surface area contributed by atoms with Crippen LogP contribution >= 0.6 is 15.9 Å². The Bertz CT molecular complexity index is 587. The van der Waals surface area contributed by atoms with Crippen molar-refractivity contribution in [2.24, 2.45) is 0 Å². The smallest absolute Gasteiger partial charge is 0.255 e. The Morgan fingerprint density at radius 1 is 1.06 bits per heavy atom. The molecule has 0 aliphatic heterocycles. The topological polar surface area (TPSA) is 29.1 Å². The van der Waals surface area contributed by atoms with Gasteiger partial charge in [-0.1, -0.05) is 18.2 Å². The number of benzene rings is 2. The molecule has 0 spiro atoms. The van der Waals surface area contributed by atoms with Crippen LogP contribution in [-0.4, -0.2) is 5.91 Å². The molecule has 2 aromatic rings. The lowest BCUT2D eigenvalue weighted by Crippen LogP contribution is -2.13. The van der Waals surface area contributed by atoms with E-state index in [4.69, 9.17) is 0 Å². The van der Waals surface area contributed by atoms with Gasteiger partial charge in [-0.3, -0.25) is 4.79 Å². The molecule has 0 aromatic heterocycles. The molecular weight excluding hydrogens is 304 g/mol. The third-order valence-corrected chi connectivity index (χ3v) is 2.90. The van der Waals surface area contributed by atoms with Gasteiger partial charge in [-0.25, -0.2) is 8.78 Å². The van der Waals surface area contributed by atoms with Crippen LogP contribution in [0.3, 0.4) is 0 Å². The van der Waals surface area contributed by atoms with Gasteiger partial charge in [-0.15, -0.1) is 0 Å². The number of carbonyl (C=O) groups excluding carboxylic acids is 1. The summed E-state index contributed by atoms with van der Waals surface area (Å²) in [5.74, 6) is -1.99. The minimum atomic E-state index is -0.819. The molecule has 92 valence electrons. The average Bonchev–Trinajstić information content (AvgIpc) is 2.37. The highest BCUT2D eigenvalue weighted by atomic mass is 79.9. The monoisotopic (exact) mass is 311 g/mol. The van der Waals surface area contributed by atoms with Crippen molar-refractivity contribution in [3.63, 3.8) is 0 Å². The van der Waals surface area contributed by atoms with Gasteiger partial charge in [0, 0.05) is 11.6 Å². The van der Waals surface area contributed by atoms with Crippen molar-refractivity contribution < 1.29 is 13.6 Å². The maximum Gasteiger partial charge on any atom is 0.255 e. The first-order valence-electron chi connectivity index (χ1n) is 5.09. The van der Waals surface area contributed by atoms with Crippen molar-refractivity contribution in [1.29, 1.82) is 0 Å². The molecule has 0 aliphatic carbocycles. The lowest BCUT2D eigenvalue weighted by Gasteiger charge is -2.07. The minimum Gasteiger partial charge on any atom is -0.319 e. The number of rotatable bonds is 2. The van der Waals surface area contributed by atoms with Gasteiger partial charge in [0.25, 0.3) is 5.91 Å². The fourth-order valence-corrected chi connectivity index (χ4v) is 1.75. The molecule has 0 unspecified atom stereocenters. The summed E-state index contributed by atoms with van der Waals surface area (Å²) >= 11 is 2.93. The van der Waals surface area contributed by atoms with Crippen LogP contribution in [0, 0.1) is 11.6 Å². The van der Waals surface area contributed by atoms with Crippen molar-refractivity contribution in [3.05, 3.63) is 64.1 Å². The number of hydrogen-bond acceptors (Lipinski definition) is 1. The molecule has 2 aromatic carbocycles. The molecule has 0 radical (unpaired) electrons. The number of amides is 1. The predicted octanol–water partition coefficient (Wildman–Crippen LogP) is 3.98. The van der Waals surface area contributed by atoms with Gasteiger partial charge in [0.1, 0.15) is 11.6 Å². The van der Waals surface area contributed by atoms with Crippen molar-refractivity contribution in [3.8, 4) is 0 Å². The van der Waals surface area contributed by atoms with E-state index in [9.17, 15) is 13.6 Å². The van der Waals surface area contributed by atoms with Crippen molar-refractivity contribution >= 4 is 27.5 Å². The molecule has 0 bridgehead atoms. The Balaban J connectivity index is 2.25. The SMILES string of the molecule is O=C(Nc1cc(Br)c(F)cc1F)c1ccccc1.